The molecule has 0 fully saturated rings. The van der Waals surface area contributed by atoms with E-state index in [1.807, 2.05) is 30.3 Å². The van der Waals surface area contributed by atoms with Crippen LogP contribution in [0.1, 0.15) is 21.5 Å². The van der Waals surface area contributed by atoms with Gasteiger partial charge in [-0.2, -0.15) is 0 Å². The second kappa shape index (κ2) is 7.70. The van der Waals surface area contributed by atoms with Gasteiger partial charge in [0.2, 0.25) is 0 Å². The van der Waals surface area contributed by atoms with Gasteiger partial charge in [0.15, 0.2) is 0 Å². The van der Waals surface area contributed by atoms with E-state index in [4.69, 9.17) is 10.6 Å². The van der Waals surface area contributed by atoms with Crippen molar-refractivity contribution in [1.82, 2.24) is 5.43 Å². The Morgan fingerprint density at radius 1 is 1.14 bits per heavy atom. The van der Waals surface area contributed by atoms with E-state index in [0.717, 1.165) is 20.1 Å². The minimum atomic E-state index is -0.322. The summed E-state index contributed by atoms with van der Waals surface area (Å²) in [6, 6.07) is 13.2. The maximum absolute atomic E-state index is 11.4. The van der Waals surface area contributed by atoms with E-state index in [0.29, 0.717) is 18.8 Å². The molecule has 110 valence electrons. The van der Waals surface area contributed by atoms with Gasteiger partial charge in [-0.3, -0.25) is 10.2 Å². The first-order chi connectivity index (χ1) is 10.1. The van der Waals surface area contributed by atoms with Crippen molar-refractivity contribution >= 4 is 37.8 Å². The lowest BCUT2D eigenvalue weighted by Gasteiger charge is -2.08. The first-order valence-corrected chi connectivity index (χ1v) is 7.80. The van der Waals surface area contributed by atoms with Crippen LogP contribution in [0.2, 0.25) is 0 Å². The summed E-state index contributed by atoms with van der Waals surface area (Å²) in [6.45, 7) is 0.981. The third-order valence-electron chi connectivity index (χ3n) is 2.86. The van der Waals surface area contributed by atoms with Gasteiger partial charge in [0.05, 0.1) is 13.2 Å². The van der Waals surface area contributed by atoms with Crippen LogP contribution in [0.15, 0.2) is 51.4 Å². The van der Waals surface area contributed by atoms with Gasteiger partial charge in [0.25, 0.3) is 5.91 Å². The van der Waals surface area contributed by atoms with Crippen LogP contribution in [-0.4, -0.2) is 5.91 Å². The molecular weight excluding hydrogens is 400 g/mol. The number of nitrogen functional groups attached to an aromatic ring is 1. The summed E-state index contributed by atoms with van der Waals surface area (Å²) in [6.07, 6.45) is 0. The summed E-state index contributed by atoms with van der Waals surface area (Å²) < 4.78 is 7.54. The molecule has 6 heteroatoms. The molecule has 0 aliphatic carbocycles. The van der Waals surface area contributed by atoms with Crippen molar-refractivity contribution < 1.29 is 9.53 Å². The number of hydrogen-bond donors (Lipinski definition) is 2. The fraction of sp³-hybridized carbons (Fsp3) is 0.133. The molecule has 0 aliphatic heterocycles. The zero-order valence-electron chi connectivity index (χ0n) is 11.1. The number of carbonyl (C=O) groups is 1. The second-order valence-corrected chi connectivity index (χ2v) is 6.17. The predicted octanol–water partition coefficient (Wildman–Crippen LogP) is 3.53. The lowest BCUT2D eigenvalue weighted by Crippen LogP contribution is -2.29. The Bertz CT molecular complexity index is 647. The average molecular weight is 414 g/mol. The lowest BCUT2D eigenvalue weighted by molar-refractivity contribution is 0.0952. The van der Waals surface area contributed by atoms with E-state index in [1.165, 1.54) is 0 Å². The third kappa shape index (κ3) is 4.64. The van der Waals surface area contributed by atoms with Gasteiger partial charge in [0.1, 0.15) is 0 Å². The van der Waals surface area contributed by atoms with Gasteiger partial charge in [-0.25, -0.2) is 5.84 Å². The topological polar surface area (TPSA) is 64.3 Å². The normalized spacial score (nSPS) is 10.4. The number of rotatable bonds is 5. The van der Waals surface area contributed by atoms with Crippen LogP contribution < -0.4 is 11.3 Å². The molecular formula is C15H14Br2N2O2. The number of nitrogens with two attached hydrogens (primary N) is 1. The minimum Gasteiger partial charge on any atom is -0.372 e. The van der Waals surface area contributed by atoms with E-state index >= 15 is 0 Å². The molecule has 0 atom stereocenters. The van der Waals surface area contributed by atoms with Crippen LogP contribution in [0.4, 0.5) is 0 Å². The first-order valence-electron chi connectivity index (χ1n) is 6.21. The Morgan fingerprint density at radius 3 is 2.62 bits per heavy atom. The molecule has 0 radical (unpaired) electrons. The highest BCUT2D eigenvalue weighted by Crippen LogP contribution is 2.20. The molecule has 2 aromatic rings. The van der Waals surface area contributed by atoms with E-state index < -0.39 is 0 Å². The molecule has 2 rings (SSSR count). The van der Waals surface area contributed by atoms with E-state index in [9.17, 15) is 4.79 Å². The Balaban J connectivity index is 1.96. The van der Waals surface area contributed by atoms with Crippen LogP contribution in [0, 0.1) is 0 Å². The molecule has 0 saturated heterocycles. The maximum Gasteiger partial charge on any atom is 0.265 e. The molecule has 0 unspecified atom stereocenters. The molecule has 0 saturated carbocycles. The molecule has 4 nitrogen and oxygen atoms in total. The Morgan fingerprint density at radius 2 is 1.95 bits per heavy atom. The fourth-order valence-electron chi connectivity index (χ4n) is 1.79. The zero-order valence-corrected chi connectivity index (χ0v) is 14.3. The van der Waals surface area contributed by atoms with E-state index in [2.05, 4.69) is 37.3 Å². The Kier molecular flexibility index (Phi) is 5.93. The lowest BCUT2D eigenvalue weighted by atomic mass is 10.1. The molecule has 0 bridgehead atoms. The third-order valence-corrected chi connectivity index (χ3v) is 4.09. The first kappa shape index (κ1) is 16.2. The summed E-state index contributed by atoms with van der Waals surface area (Å²) >= 11 is 6.86. The molecule has 0 heterocycles. The highest BCUT2D eigenvalue weighted by molar-refractivity contribution is 9.10. The van der Waals surface area contributed by atoms with Crippen molar-refractivity contribution in [3.05, 3.63) is 68.1 Å². The number of amides is 1. The predicted molar refractivity (Wildman–Crippen MR) is 88.4 cm³/mol. The van der Waals surface area contributed by atoms with Crippen LogP contribution >= 0.6 is 31.9 Å². The largest absolute Gasteiger partial charge is 0.372 e. The van der Waals surface area contributed by atoms with Gasteiger partial charge in [-0.1, -0.05) is 50.1 Å². The summed E-state index contributed by atoms with van der Waals surface area (Å²) in [5.41, 5.74) is 4.67. The average Bonchev–Trinajstić information content (AvgIpc) is 2.48. The van der Waals surface area contributed by atoms with Crippen molar-refractivity contribution in [3.8, 4) is 0 Å². The summed E-state index contributed by atoms with van der Waals surface area (Å²) in [5, 5.41) is 0. The number of benzene rings is 2. The van der Waals surface area contributed by atoms with Gasteiger partial charge in [0, 0.05) is 14.5 Å². The molecule has 0 spiro atoms. The number of carbonyl (C=O) groups excluding carboxylic acids is 1. The van der Waals surface area contributed by atoms with Crippen molar-refractivity contribution in [2.24, 2.45) is 5.84 Å². The summed E-state index contributed by atoms with van der Waals surface area (Å²) in [7, 11) is 0. The van der Waals surface area contributed by atoms with Gasteiger partial charge >= 0.3 is 0 Å². The maximum atomic E-state index is 11.4. The molecule has 3 N–H and O–H groups in total. The highest BCUT2D eigenvalue weighted by atomic mass is 79.9. The van der Waals surface area contributed by atoms with Gasteiger partial charge < -0.3 is 4.74 Å². The standard InChI is InChI=1S/C15H14Br2N2O2/c16-13-3-1-2-10(6-13)8-21-9-12-5-4-11(7-14(12)17)15(20)19-18/h1-7H,8-9,18H2,(H,19,20). The van der Waals surface area contributed by atoms with Gasteiger partial charge in [-0.15, -0.1) is 0 Å². The quantitative estimate of drug-likeness (QED) is 0.447. The van der Waals surface area contributed by atoms with E-state index in [1.54, 1.807) is 12.1 Å². The Labute approximate surface area is 139 Å². The number of ether oxygens (including phenoxy) is 1. The molecule has 0 aromatic heterocycles. The highest BCUT2D eigenvalue weighted by Gasteiger charge is 2.07. The molecule has 21 heavy (non-hydrogen) atoms. The fourth-order valence-corrected chi connectivity index (χ4v) is 2.73. The van der Waals surface area contributed by atoms with Crippen LogP contribution in [-0.2, 0) is 18.0 Å². The molecule has 2 aromatic carbocycles. The Hall–Kier alpha value is -1.21. The van der Waals surface area contributed by atoms with Gasteiger partial charge in [-0.05, 0) is 35.4 Å². The summed E-state index contributed by atoms with van der Waals surface area (Å²) in [4.78, 5) is 11.4. The van der Waals surface area contributed by atoms with Crippen LogP contribution in [0.3, 0.4) is 0 Å². The zero-order chi connectivity index (χ0) is 15.2. The van der Waals surface area contributed by atoms with Crippen molar-refractivity contribution in [2.75, 3.05) is 0 Å². The number of hydrazine groups is 1. The van der Waals surface area contributed by atoms with Crippen LogP contribution in [0.5, 0.6) is 0 Å². The monoisotopic (exact) mass is 412 g/mol. The van der Waals surface area contributed by atoms with Crippen molar-refractivity contribution in [2.45, 2.75) is 13.2 Å². The van der Waals surface area contributed by atoms with E-state index in [-0.39, 0.29) is 5.91 Å². The smallest absolute Gasteiger partial charge is 0.265 e. The molecule has 0 aliphatic rings. The second-order valence-electron chi connectivity index (χ2n) is 4.40. The van der Waals surface area contributed by atoms with Crippen LogP contribution in [0.25, 0.3) is 0 Å². The number of nitrogens with one attached hydrogen (secondary N) is 1. The summed E-state index contributed by atoms with van der Waals surface area (Å²) in [5.74, 6) is 4.78. The van der Waals surface area contributed by atoms with Crippen molar-refractivity contribution in [3.63, 3.8) is 0 Å². The number of hydrogen-bond acceptors (Lipinski definition) is 3. The minimum absolute atomic E-state index is 0.322. The molecule has 1 amide bonds. The SMILES string of the molecule is NNC(=O)c1ccc(COCc2cccc(Br)c2)c(Br)c1. The van der Waals surface area contributed by atoms with Crippen molar-refractivity contribution in [1.29, 1.82) is 0 Å². The number of halogens is 2.